The first-order valence-corrected chi connectivity index (χ1v) is 8.92. The SMILES string of the molecule is Brc1cccc(CNCc2ccc(CN3CCOCC3)cc2)c1. The number of hydrogen-bond donors (Lipinski definition) is 1. The molecule has 0 spiro atoms. The molecular formula is C19H23BrN2O. The molecule has 0 saturated carbocycles. The van der Waals surface area contributed by atoms with Crippen molar-refractivity contribution in [2.75, 3.05) is 26.3 Å². The summed E-state index contributed by atoms with van der Waals surface area (Å²) in [6.45, 7) is 6.59. The number of halogens is 1. The van der Waals surface area contributed by atoms with E-state index in [1.165, 1.54) is 16.7 Å². The Bertz CT molecular complexity index is 609. The molecule has 1 N–H and O–H groups in total. The molecule has 0 aliphatic carbocycles. The summed E-state index contributed by atoms with van der Waals surface area (Å²) in [6.07, 6.45) is 0. The number of nitrogens with zero attached hydrogens (tertiary/aromatic N) is 1. The van der Waals surface area contributed by atoms with Gasteiger partial charge in [-0.15, -0.1) is 0 Å². The summed E-state index contributed by atoms with van der Waals surface area (Å²) < 4.78 is 6.52. The summed E-state index contributed by atoms with van der Waals surface area (Å²) in [5.74, 6) is 0. The molecule has 0 bridgehead atoms. The van der Waals surface area contributed by atoms with Crippen LogP contribution in [0.1, 0.15) is 16.7 Å². The summed E-state index contributed by atoms with van der Waals surface area (Å²) in [5, 5.41) is 3.50. The van der Waals surface area contributed by atoms with E-state index in [2.05, 4.69) is 74.7 Å². The molecule has 1 saturated heterocycles. The van der Waals surface area contributed by atoms with E-state index in [1.807, 2.05) is 0 Å². The van der Waals surface area contributed by atoms with Crippen LogP contribution in [0.5, 0.6) is 0 Å². The summed E-state index contributed by atoms with van der Waals surface area (Å²) in [5.41, 5.74) is 4.00. The zero-order valence-corrected chi connectivity index (χ0v) is 14.9. The second-order valence-corrected chi connectivity index (χ2v) is 6.85. The average molecular weight is 375 g/mol. The molecule has 1 aliphatic heterocycles. The molecule has 0 atom stereocenters. The van der Waals surface area contributed by atoms with Crippen molar-refractivity contribution in [1.29, 1.82) is 0 Å². The van der Waals surface area contributed by atoms with Crippen LogP contribution in [-0.4, -0.2) is 31.2 Å². The first kappa shape index (κ1) is 16.7. The molecule has 122 valence electrons. The maximum Gasteiger partial charge on any atom is 0.0594 e. The summed E-state index contributed by atoms with van der Waals surface area (Å²) in [6, 6.07) is 17.4. The van der Waals surface area contributed by atoms with Gasteiger partial charge < -0.3 is 10.1 Å². The van der Waals surface area contributed by atoms with Crippen LogP contribution in [0.25, 0.3) is 0 Å². The summed E-state index contributed by atoms with van der Waals surface area (Å²) >= 11 is 3.51. The van der Waals surface area contributed by atoms with Gasteiger partial charge in [0.25, 0.3) is 0 Å². The van der Waals surface area contributed by atoms with Gasteiger partial charge in [-0.2, -0.15) is 0 Å². The van der Waals surface area contributed by atoms with Crippen LogP contribution in [0.4, 0.5) is 0 Å². The molecule has 0 aromatic heterocycles. The summed E-state index contributed by atoms with van der Waals surface area (Å²) in [4.78, 5) is 2.45. The highest BCUT2D eigenvalue weighted by molar-refractivity contribution is 9.10. The first-order chi connectivity index (χ1) is 11.3. The number of benzene rings is 2. The second kappa shape index (κ2) is 8.60. The first-order valence-electron chi connectivity index (χ1n) is 8.13. The van der Waals surface area contributed by atoms with Gasteiger partial charge in [0.05, 0.1) is 13.2 Å². The van der Waals surface area contributed by atoms with Crippen molar-refractivity contribution in [2.24, 2.45) is 0 Å². The number of ether oxygens (including phenoxy) is 1. The molecule has 4 heteroatoms. The minimum Gasteiger partial charge on any atom is -0.379 e. The van der Waals surface area contributed by atoms with Gasteiger partial charge in [-0.05, 0) is 28.8 Å². The molecule has 1 heterocycles. The highest BCUT2D eigenvalue weighted by Gasteiger charge is 2.10. The van der Waals surface area contributed by atoms with E-state index in [1.54, 1.807) is 0 Å². The minimum absolute atomic E-state index is 0.859. The molecule has 23 heavy (non-hydrogen) atoms. The topological polar surface area (TPSA) is 24.5 Å². The zero-order chi connectivity index (χ0) is 15.9. The lowest BCUT2D eigenvalue weighted by atomic mass is 10.1. The van der Waals surface area contributed by atoms with Gasteiger partial charge in [-0.3, -0.25) is 4.90 Å². The van der Waals surface area contributed by atoms with Crippen LogP contribution < -0.4 is 5.32 Å². The molecule has 3 nitrogen and oxygen atoms in total. The second-order valence-electron chi connectivity index (χ2n) is 5.94. The third kappa shape index (κ3) is 5.43. The van der Waals surface area contributed by atoms with Crippen molar-refractivity contribution in [3.05, 3.63) is 69.7 Å². The van der Waals surface area contributed by atoms with Gasteiger partial charge in [0.1, 0.15) is 0 Å². The van der Waals surface area contributed by atoms with E-state index in [4.69, 9.17) is 4.74 Å². The van der Waals surface area contributed by atoms with E-state index >= 15 is 0 Å². The van der Waals surface area contributed by atoms with Crippen LogP contribution in [0.15, 0.2) is 53.0 Å². The van der Waals surface area contributed by atoms with E-state index in [9.17, 15) is 0 Å². The van der Waals surface area contributed by atoms with Crippen LogP contribution in [0, 0.1) is 0 Å². The van der Waals surface area contributed by atoms with Crippen LogP contribution in [0.2, 0.25) is 0 Å². The lowest BCUT2D eigenvalue weighted by Crippen LogP contribution is -2.35. The monoisotopic (exact) mass is 374 g/mol. The third-order valence-electron chi connectivity index (χ3n) is 4.08. The van der Waals surface area contributed by atoms with Gasteiger partial charge in [0, 0.05) is 37.2 Å². The Morgan fingerprint density at radius 1 is 0.913 bits per heavy atom. The van der Waals surface area contributed by atoms with Crippen molar-refractivity contribution in [2.45, 2.75) is 19.6 Å². The fourth-order valence-corrected chi connectivity index (χ4v) is 3.22. The van der Waals surface area contributed by atoms with Crippen LogP contribution in [0.3, 0.4) is 0 Å². The molecule has 1 fully saturated rings. The van der Waals surface area contributed by atoms with Crippen molar-refractivity contribution in [3.8, 4) is 0 Å². The van der Waals surface area contributed by atoms with Crippen molar-refractivity contribution >= 4 is 15.9 Å². The van der Waals surface area contributed by atoms with Gasteiger partial charge in [-0.25, -0.2) is 0 Å². The van der Waals surface area contributed by atoms with Crippen molar-refractivity contribution in [1.82, 2.24) is 10.2 Å². The Labute approximate surface area is 146 Å². The molecular weight excluding hydrogens is 352 g/mol. The van der Waals surface area contributed by atoms with Gasteiger partial charge >= 0.3 is 0 Å². The Balaban J connectivity index is 1.45. The van der Waals surface area contributed by atoms with E-state index in [0.29, 0.717) is 0 Å². The lowest BCUT2D eigenvalue weighted by molar-refractivity contribution is 0.0342. The minimum atomic E-state index is 0.859. The quantitative estimate of drug-likeness (QED) is 0.836. The molecule has 0 amide bonds. The summed E-state index contributed by atoms with van der Waals surface area (Å²) in [7, 11) is 0. The fourth-order valence-electron chi connectivity index (χ4n) is 2.78. The Morgan fingerprint density at radius 2 is 1.61 bits per heavy atom. The predicted octanol–water partition coefficient (Wildman–Crippen LogP) is 3.57. The van der Waals surface area contributed by atoms with Crippen molar-refractivity contribution < 1.29 is 4.74 Å². The van der Waals surface area contributed by atoms with Crippen LogP contribution in [-0.2, 0) is 24.4 Å². The number of hydrogen-bond acceptors (Lipinski definition) is 3. The Morgan fingerprint density at radius 3 is 2.35 bits per heavy atom. The molecule has 3 rings (SSSR count). The molecule has 0 unspecified atom stereocenters. The number of nitrogens with one attached hydrogen (secondary N) is 1. The average Bonchev–Trinajstić information content (AvgIpc) is 2.58. The Hall–Kier alpha value is -1.20. The highest BCUT2D eigenvalue weighted by Crippen LogP contribution is 2.12. The maximum atomic E-state index is 5.39. The van der Waals surface area contributed by atoms with Gasteiger partial charge in [0.2, 0.25) is 0 Å². The molecule has 2 aromatic rings. The Kier molecular flexibility index (Phi) is 6.22. The standard InChI is InChI=1S/C19H23BrN2O/c20-19-3-1-2-18(12-19)14-21-13-16-4-6-17(7-5-16)15-22-8-10-23-11-9-22/h1-7,12,21H,8-11,13-15H2. The largest absolute Gasteiger partial charge is 0.379 e. The maximum absolute atomic E-state index is 5.39. The fraction of sp³-hybridized carbons (Fsp3) is 0.368. The number of morpholine rings is 1. The molecule has 1 aliphatic rings. The van der Waals surface area contributed by atoms with Crippen LogP contribution >= 0.6 is 15.9 Å². The third-order valence-corrected chi connectivity index (χ3v) is 4.57. The molecule has 2 aromatic carbocycles. The van der Waals surface area contributed by atoms with E-state index in [0.717, 1.165) is 50.4 Å². The number of rotatable bonds is 6. The van der Waals surface area contributed by atoms with E-state index in [-0.39, 0.29) is 0 Å². The highest BCUT2D eigenvalue weighted by atomic mass is 79.9. The predicted molar refractivity (Wildman–Crippen MR) is 97.2 cm³/mol. The van der Waals surface area contributed by atoms with Gasteiger partial charge in [0.15, 0.2) is 0 Å². The zero-order valence-electron chi connectivity index (χ0n) is 13.3. The normalized spacial score (nSPS) is 15.7. The van der Waals surface area contributed by atoms with E-state index < -0.39 is 0 Å². The molecule has 0 radical (unpaired) electrons. The van der Waals surface area contributed by atoms with Gasteiger partial charge in [-0.1, -0.05) is 52.3 Å². The lowest BCUT2D eigenvalue weighted by Gasteiger charge is -2.26. The van der Waals surface area contributed by atoms with Crippen molar-refractivity contribution in [3.63, 3.8) is 0 Å². The smallest absolute Gasteiger partial charge is 0.0594 e.